The first-order valence-electron chi connectivity index (χ1n) is 4.66. The largest absolute Gasteiger partial charge is 0.250 e. The van der Waals surface area contributed by atoms with Crippen LogP contribution in [0.2, 0.25) is 0 Å². The van der Waals surface area contributed by atoms with Crippen LogP contribution in [0.1, 0.15) is 19.8 Å². The lowest BCUT2D eigenvalue weighted by Gasteiger charge is -2.09. The monoisotopic (exact) mass is 191 g/mol. The summed E-state index contributed by atoms with van der Waals surface area (Å²) < 4.78 is 0. The lowest BCUT2D eigenvalue weighted by molar-refractivity contribution is 0.940. The molecule has 1 aromatic rings. The molecule has 0 aliphatic heterocycles. The Labute approximate surface area is 83.3 Å². The zero-order valence-electron chi connectivity index (χ0n) is 7.73. The van der Waals surface area contributed by atoms with Crippen molar-refractivity contribution in [2.45, 2.75) is 30.0 Å². The Morgan fingerprint density at radius 3 is 2.92 bits per heavy atom. The molecule has 2 rings (SSSR count). The Kier molecular flexibility index (Phi) is 2.69. The molecule has 1 unspecified atom stereocenters. The van der Waals surface area contributed by atoms with Crippen LogP contribution >= 0.6 is 11.8 Å². The molecule has 2 heteroatoms. The van der Waals surface area contributed by atoms with Crippen LogP contribution in [-0.4, -0.2) is 10.2 Å². The fraction of sp³-hybridized carbons (Fsp3) is 0.364. The van der Waals surface area contributed by atoms with Gasteiger partial charge in [-0.05, 0) is 25.0 Å². The van der Waals surface area contributed by atoms with Crippen LogP contribution in [0.3, 0.4) is 0 Å². The molecule has 0 amide bonds. The van der Waals surface area contributed by atoms with Crippen LogP contribution in [0.4, 0.5) is 0 Å². The second kappa shape index (κ2) is 3.97. The second-order valence-electron chi connectivity index (χ2n) is 3.17. The number of thioether (sulfide) groups is 1. The molecule has 0 bridgehead atoms. The zero-order valence-corrected chi connectivity index (χ0v) is 8.55. The smallest absolute Gasteiger partial charge is 0.0965 e. The highest BCUT2D eigenvalue weighted by atomic mass is 32.2. The van der Waals surface area contributed by atoms with Gasteiger partial charge in [0.15, 0.2) is 0 Å². The zero-order chi connectivity index (χ0) is 9.10. The van der Waals surface area contributed by atoms with Crippen LogP contribution in [0, 0.1) is 0 Å². The molecule has 0 N–H and O–H groups in total. The van der Waals surface area contributed by atoms with E-state index in [-0.39, 0.29) is 0 Å². The maximum Gasteiger partial charge on any atom is 0.0965 e. The normalized spacial score (nSPS) is 16.5. The summed E-state index contributed by atoms with van der Waals surface area (Å²) >= 11 is 1.88. The van der Waals surface area contributed by atoms with Gasteiger partial charge >= 0.3 is 0 Å². The molecule has 0 aromatic carbocycles. The molecule has 1 aromatic heterocycles. The van der Waals surface area contributed by atoms with Gasteiger partial charge in [-0.2, -0.15) is 0 Å². The van der Waals surface area contributed by atoms with E-state index in [0.29, 0.717) is 5.25 Å². The average Bonchev–Trinajstić information content (AvgIpc) is 2.99. The first kappa shape index (κ1) is 8.82. The molecule has 0 fully saturated rings. The Morgan fingerprint density at radius 2 is 2.38 bits per heavy atom. The molecular weight excluding hydrogens is 178 g/mol. The Bertz CT molecular complexity index is 305. The fourth-order valence-electron chi connectivity index (χ4n) is 1.31. The van der Waals surface area contributed by atoms with Gasteiger partial charge in [-0.3, -0.25) is 0 Å². The van der Waals surface area contributed by atoms with Gasteiger partial charge in [-0.15, -0.1) is 0 Å². The number of hydrogen-bond acceptors (Lipinski definition) is 2. The third kappa shape index (κ3) is 2.34. The minimum absolute atomic E-state index is 0.662. The third-order valence-corrected chi connectivity index (χ3v) is 3.53. The first-order chi connectivity index (χ1) is 6.40. The molecule has 1 aliphatic rings. The van der Waals surface area contributed by atoms with Crippen molar-refractivity contribution in [1.82, 2.24) is 4.98 Å². The molecule has 68 valence electrons. The molecule has 13 heavy (non-hydrogen) atoms. The van der Waals surface area contributed by atoms with E-state index in [9.17, 15) is 0 Å². The molecule has 1 atom stereocenters. The molecule has 0 saturated heterocycles. The summed E-state index contributed by atoms with van der Waals surface area (Å²) in [5.74, 6) is 0. The maximum atomic E-state index is 4.31. The summed E-state index contributed by atoms with van der Waals surface area (Å²) in [6.45, 7) is 2.24. The van der Waals surface area contributed by atoms with Gasteiger partial charge in [0.25, 0.3) is 0 Å². The first-order valence-corrected chi connectivity index (χ1v) is 5.54. The maximum absolute atomic E-state index is 4.31. The molecule has 1 nitrogen and oxygen atoms in total. The van der Waals surface area contributed by atoms with E-state index in [4.69, 9.17) is 0 Å². The van der Waals surface area contributed by atoms with E-state index in [2.05, 4.69) is 24.1 Å². The Hall–Kier alpha value is -0.760. The van der Waals surface area contributed by atoms with Gasteiger partial charge in [0.05, 0.1) is 5.03 Å². The second-order valence-corrected chi connectivity index (χ2v) is 4.39. The minimum atomic E-state index is 0.662. The molecule has 0 saturated carbocycles. The van der Waals surface area contributed by atoms with Crippen molar-refractivity contribution in [2.24, 2.45) is 0 Å². The van der Waals surface area contributed by atoms with Gasteiger partial charge in [-0.25, -0.2) is 4.98 Å². The minimum Gasteiger partial charge on any atom is -0.250 e. The summed E-state index contributed by atoms with van der Waals surface area (Å²) in [4.78, 5) is 4.31. The standard InChI is InChI=1S/C11H13NS/c1-2-10(9-6-7-9)13-11-5-3-4-8-12-11/h3-6,8,10H,2,7H2,1H3. The van der Waals surface area contributed by atoms with Gasteiger partial charge in [0, 0.05) is 11.4 Å². The van der Waals surface area contributed by atoms with Gasteiger partial charge in [0.1, 0.15) is 0 Å². The van der Waals surface area contributed by atoms with Crippen LogP contribution in [-0.2, 0) is 0 Å². The van der Waals surface area contributed by atoms with Crippen molar-refractivity contribution in [3.63, 3.8) is 0 Å². The third-order valence-electron chi connectivity index (χ3n) is 2.12. The predicted molar refractivity (Wildman–Crippen MR) is 56.9 cm³/mol. The lowest BCUT2D eigenvalue weighted by atomic mass is 10.3. The summed E-state index contributed by atoms with van der Waals surface area (Å²) in [5.41, 5.74) is 1.60. The number of rotatable bonds is 4. The van der Waals surface area contributed by atoms with Crippen LogP contribution in [0.25, 0.3) is 0 Å². The quantitative estimate of drug-likeness (QED) is 0.535. The van der Waals surface area contributed by atoms with E-state index in [0.717, 1.165) is 5.03 Å². The average molecular weight is 191 g/mol. The van der Waals surface area contributed by atoms with Gasteiger partial charge < -0.3 is 0 Å². The van der Waals surface area contributed by atoms with E-state index in [1.165, 1.54) is 12.8 Å². The highest BCUT2D eigenvalue weighted by Crippen LogP contribution is 2.36. The topological polar surface area (TPSA) is 12.9 Å². The SMILES string of the molecule is CCC(Sc1ccccn1)C1=CC1. The molecule has 1 heterocycles. The molecular formula is C11H13NS. The van der Waals surface area contributed by atoms with E-state index >= 15 is 0 Å². The summed E-state index contributed by atoms with van der Waals surface area (Å²) in [7, 11) is 0. The number of allylic oxidation sites excluding steroid dienone is 1. The summed E-state index contributed by atoms with van der Waals surface area (Å²) in [6.07, 6.45) is 6.59. The van der Waals surface area contributed by atoms with Crippen LogP contribution in [0.15, 0.2) is 41.1 Å². The van der Waals surface area contributed by atoms with E-state index in [1.807, 2.05) is 30.1 Å². The van der Waals surface area contributed by atoms with Crippen molar-refractivity contribution in [3.05, 3.63) is 36.0 Å². The van der Waals surface area contributed by atoms with Crippen molar-refractivity contribution < 1.29 is 0 Å². The Morgan fingerprint density at radius 1 is 1.54 bits per heavy atom. The van der Waals surface area contributed by atoms with Gasteiger partial charge in [-0.1, -0.05) is 36.4 Å². The number of pyridine rings is 1. The Balaban J connectivity index is 2.00. The number of hydrogen-bond donors (Lipinski definition) is 0. The van der Waals surface area contributed by atoms with E-state index in [1.54, 1.807) is 5.57 Å². The highest BCUT2D eigenvalue weighted by Gasteiger charge is 2.19. The van der Waals surface area contributed by atoms with Crippen molar-refractivity contribution in [2.75, 3.05) is 0 Å². The van der Waals surface area contributed by atoms with Crippen molar-refractivity contribution in [1.29, 1.82) is 0 Å². The van der Waals surface area contributed by atoms with Crippen LogP contribution in [0.5, 0.6) is 0 Å². The molecule has 0 radical (unpaired) electrons. The fourth-order valence-corrected chi connectivity index (χ4v) is 2.39. The molecule has 0 spiro atoms. The number of nitrogens with zero attached hydrogens (tertiary/aromatic N) is 1. The summed E-state index contributed by atoms with van der Waals surface area (Å²) in [6, 6.07) is 6.08. The predicted octanol–water partition coefficient (Wildman–Crippen LogP) is 3.28. The van der Waals surface area contributed by atoms with Crippen LogP contribution < -0.4 is 0 Å². The van der Waals surface area contributed by atoms with Gasteiger partial charge in [0.2, 0.25) is 0 Å². The lowest BCUT2D eigenvalue weighted by Crippen LogP contribution is -1.98. The van der Waals surface area contributed by atoms with E-state index < -0.39 is 0 Å². The van der Waals surface area contributed by atoms with Crippen molar-refractivity contribution >= 4 is 11.8 Å². The molecule has 1 aliphatic carbocycles. The van der Waals surface area contributed by atoms with Crippen molar-refractivity contribution in [3.8, 4) is 0 Å². The number of aromatic nitrogens is 1. The highest BCUT2D eigenvalue weighted by molar-refractivity contribution is 8.00. The summed E-state index contributed by atoms with van der Waals surface area (Å²) in [5, 5.41) is 1.80.